The standard InChI is InChI=1S/C24H34N6OS/c1-30(2)22-20-6-4-5-7-21(20)28-23(29-22)25-16-8-10-17(11-9-16)26-24(31)27-18-12-14-19(32-3)15-13-18/h12-17H,4-11H2,1-3H3,(H,25,28,29)(H2,26,27,31). The zero-order valence-electron chi connectivity index (χ0n) is 19.3. The number of rotatable bonds is 6. The molecule has 2 amide bonds. The van der Waals surface area contributed by atoms with E-state index in [4.69, 9.17) is 9.97 Å². The molecule has 1 aromatic heterocycles. The van der Waals surface area contributed by atoms with Crippen LogP contribution in [0.25, 0.3) is 0 Å². The molecule has 3 N–H and O–H groups in total. The Morgan fingerprint density at radius 1 is 1.00 bits per heavy atom. The van der Waals surface area contributed by atoms with Crippen LogP contribution in [0.3, 0.4) is 0 Å². The molecule has 0 aliphatic heterocycles. The lowest BCUT2D eigenvalue weighted by Gasteiger charge is -2.30. The van der Waals surface area contributed by atoms with Crippen molar-refractivity contribution in [1.29, 1.82) is 0 Å². The van der Waals surface area contributed by atoms with Crippen LogP contribution in [0.1, 0.15) is 49.8 Å². The first-order valence-corrected chi connectivity index (χ1v) is 12.8. The molecule has 1 aromatic carbocycles. The lowest BCUT2D eigenvalue weighted by molar-refractivity contribution is 0.243. The summed E-state index contributed by atoms with van der Waals surface area (Å²) in [6, 6.07) is 8.31. The van der Waals surface area contributed by atoms with E-state index in [1.165, 1.54) is 29.0 Å². The highest BCUT2D eigenvalue weighted by atomic mass is 32.2. The maximum atomic E-state index is 12.4. The van der Waals surface area contributed by atoms with Gasteiger partial charge in [0.25, 0.3) is 0 Å². The van der Waals surface area contributed by atoms with E-state index in [0.717, 1.165) is 56.0 Å². The number of carbonyl (C=O) groups is 1. The number of urea groups is 1. The van der Waals surface area contributed by atoms with Crippen molar-refractivity contribution in [2.75, 3.05) is 35.9 Å². The highest BCUT2D eigenvalue weighted by molar-refractivity contribution is 7.98. The first kappa shape index (κ1) is 22.7. The number of nitrogens with zero attached hydrogens (tertiary/aromatic N) is 3. The molecular formula is C24H34N6OS. The minimum Gasteiger partial charge on any atom is -0.362 e. The van der Waals surface area contributed by atoms with Gasteiger partial charge < -0.3 is 20.9 Å². The number of hydrogen-bond donors (Lipinski definition) is 3. The summed E-state index contributed by atoms with van der Waals surface area (Å²) >= 11 is 1.69. The number of amides is 2. The summed E-state index contributed by atoms with van der Waals surface area (Å²) in [7, 11) is 4.11. The Morgan fingerprint density at radius 2 is 1.69 bits per heavy atom. The van der Waals surface area contributed by atoms with Gasteiger partial charge in [-0.15, -0.1) is 11.8 Å². The quantitative estimate of drug-likeness (QED) is 0.550. The van der Waals surface area contributed by atoms with Gasteiger partial charge >= 0.3 is 6.03 Å². The fourth-order valence-electron chi connectivity index (χ4n) is 4.60. The molecule has 0 atom stereocenters. The van der Waals surface area contributed by atoms with E-state index in [9.17, 15) is 4.79 Å². The third kappa shape index (κ3) is 5.65. The number of carbonyl (C=O) groups excluding carboxylic acids is 1. The number of fused-ring (bicyclic) bond motifs is 1. The molecule has 0 radical (unpaired) electrons. The molecule has 2 aliphatic carbocycles. The number of aromatic nitrogens is 2. The second kappa shape index (κ2) is 10.4. The van der Waals surface area contributed by atoms with Crippen LogP contribution in [0.15, 0.2) is 29.2 Å². The molecule has 0 spiro atoms. The van der Waals surface area contributed by atoms with Crippen LogP contribution in [0.4, 0.5) is 22.2 Å². The Morgan fingerprint density at radius 3 is 2.38 bits per heavy atom. The number of nitrogens with one attached hydrogen (secondary N) is 3. The first-order chi connectivity index (χ1) is 15.5. The van der Waals surface area contributed by atoms with Crippen molar-refractivity contribution in [3.8, 4) is 0 Å². The summed E-state index contributed by atoms with van der Waals surface area (Å²) in [6.45, 7) is 0. The van der Waals surface area contributed by atoms with Gasteiger partial charge in [0, 0.05) is 42.3 Å². The topological polar surface area (TPSA) is 82.2 Å². The number of hydrogen-bond acceptors (Lipinski definition) is 6. The van der Waals surface area contributed by atoms with E-state index in [-0.39, 0.29) is 12.1 Å². The molecule has 0 unspecified atom stereocenters. The summed E-state index contributed by atoms with van der Waals surface area (Å²) in [5.41, 5.74) is 3.33. The van der Waals surface area contributed by atoms with Crippen molar-refractivity contribution in [2.45, 2.75) is 68.3 Å². The molecular weight excluding hydrogens is 420 g/mol. The second-order valence-electron chi connectivity index (χ2n) is 8.92. The molecule has 2 aromatic rings. The van der Waals surface area contributed by atoms with Crippen molar-refractivity contribution >= 4 is 35.2 Å². The van der Waals surface area contributed by atoms with Crippen LogP contribution >= 0.6 is 11.8 Å². The molecule has 172 valence electrons. The van der Waals surface area contributed by atoms with Crippen LogP contribution < -0.4 is 20.9 Å². The van der Waals surface area contributed by atoms with E-state index >= 15 is 0 Å². The molecule has 8 heteroatoms. The Kier molecular flexibility index (Phi) is 7.40. The highest BCUT2D eigenvalue weighted by Crippen LogP contribution is 2.29. The minimum atomic E-state index is -0.132. The fourth-order valence-corrected chi connectivity index (χ4v) is 5.01. The maximum Gasteiger partial charge on any atom is 0.319 e. The van der Waals surface area contributed by atoms with Gasteiger partial charge in [0.2, 0.25) is 5.95 Å². The molecule has 0 saturated heterocycles. The molecule has 4 rings (SSSR count). The van der Waals surface area contributed by atoms with Crippen molar-refractivity contribution in [2.24, 2.45) is 0 Å². The zero-order valence-corrected chi connectivity index (χ0v) is 20.1. The summed E-state index contributed by atoms with van der Waals surface area (Å²) < 4.78 is 0. The predicted molar refractivity (Wildman–Crippen MR) is 133 cm³/mol. The molecule has 32 heavy (non-hydrogen) atoms. The highest BCUT2D eigenvalue weighted by Gasteiger charge is 2.24. The summed E-state index contributed by atoms with van der Waals surface area (Å²) in [5, 5.41) is 9.63. The second-order valence-corrected chi connectivity index (χ2v) is 9.80. The van der Waals surface area contributed by atoms with Crippen molar-refractivity contribution in [3.05, 3.63) is 35.5 Å². The lowest BCUT2D eigenvalue weighted by Crippen LogP contribution is -2.42. The Labute approximate surface area is 195 Å². The Bertz CT molecular complexity index is 925. The van der Waals surface area contributed by atoms with Gasteiger partial charge in [-0.05, 0) is 81.9 Å². The molecule has 0 bridgehead atoms. The lowest BCUT2D eigenvalue weighted by atomic mass is 9.91. The molecule has 1 heterocycles. The van der Waals surface area contributed by atoms with E-state index in [1.54, 1.807) is 11.8 Å². The largest absolute Gasteiger partial charge is 0.362 e. The SMILES string of the molecule is CSc1ccc(NC(=O)NC2CCC(Nc3nc4c(c(N(C)C)n3)CCCC4)CC2)cc1. The number of benzene rings is 1. The van der Waals surface area contributed by atoms with Gasteiger partial charge in [0.05, 0.1) is 5.69 Å². The number of thioether (sulfide) groups is 1. The summed E-state index contributed by atoms with van der Waals surface area (Å²) in [6.07, 6.45) is 10.5. The van der Waals surface area contributed by atoms with Crippen molar-refractivity contribution < 1.29 is 4.79 Å². The average Bonchev–Trinajstić information content (AvgIpc) is 2.80. The summed E-state index contributed by atoms with van der Waals surface area (Å²) in [5.74, 6) is 1.80. The van der Waals surface area contributed by atoms with Crippen LogP contribution in [-0.4, -0.2) is 48.4 Å². The van der Waals surface area contributed by atoms with Gasteiger partial charge in [-0.2, -0.15) is 4.98 Å². The Hall–Kier alpha value is -2.48. The van der Waals surface area contributed by atoms with E-state index < -0.39 is 0 Å². The molecule has 7 nitrogen and oxygen atoms in total. The fraction of sp³-hybridized carbons (Fsp3) is 0.542. The molecule has 1 saturated carbocycles. The normalized spacial score (nSPS) is 20.2. The number of anilines is 3. The van der Waals surface area contributed by atoms with Gasteiger partial charge in [-0.1, -0.05) is 0 Å². The van der Waals surface area contributed by atoms with Crippen molar-refractivity contribution in [1.82, 2.24) is 15.3 Å². The third-order valence-electron chi connectivity index (χ3n) is 6.33. The van der Waals surface area contributed by atoms with Gasteiger partial charge in [-0.25, -0.2) is 9.78 Å². The zero-order chi connectivity index (χ0) is 22.5. The van der Waals surface area contributed by atoms with Crippen LogP contribution in [0.5, 0.6) is 0 Å². The van der Waals surface area contributed by atoms with Crippen molar-refractivity contribution in [3.63, 3.8) is 0 Å². The Balaban J connectivity index is 1.28. The third-order valence-corrected chi connectivity index (χ3v) is 7.07. The predicted octanol–water partition coefficient (Wildman–Crippen LogP) is 4.69. The first-order valence-electron chi connectivity index (χ1n) is 11.6. The van der Waals surface area contributed by atoms with Gasteiger partial charge in [-0.3, -0.25) is 0 Å². The van der Waals surface area contributed by atoms with Crippen LogP contribution in [-0.2, 0) is 12.8 Å². The minimum absolute atomic E-state index is 0.132. The maximum absolute atomic E-state index is 12.4. The van der Waals surface area contributed by atoms with Gasteiger partial charge in [0.15, 0.2) is 0 Å². The van der Waals surface area contributed by atoms with E-state index in [1.807, 2.05) is 30.5 Å². The van der Waals surface area contributed by atoms with E-state index in [0.29, 0.717) is 6.04 Å². The van der Waals surface area contributed by atoms with Crippen LogP contribution in [0.2, 0.25) is 0 Å². The van der Waals surface area contributed by atoms with E-state index in [2.05, 4.69) is 34.9 Å². The van der Waals surface area contributed by atoms with Crippen LogP contribution in [0, 0.1) is 0 Å². The summed E-state index contributed by atoms with van der Waals surface area (Å²) in [4.78, 5) is 25.3. The number of aryl methyl sites for hydroxylation is 1. The smallest absolute Gasteiger partial charge is 0.319 e. The molecule has 2 aliphatic rings. The monoisotopic (exact) mass is 454 g/mol. The average molecular weight is 455 g/mol. The molecule has 1 fully saturated rings. The van der Waals surface area contributed by atoms with Gasteiger partial charge in [0.1, 0.15) is 5.82 Å².